The van der Waals surface area contributed by atoms with E-state index in [4.69, 9.17) is 5.73 Å². The fourth-order valence-corrected chi connectivity index (χ4v) is 2.43. The first-order valence-electron chi connectivity index (χ1n) is 5.84. The highest BCUT2D eigenvalue weighted by Gasteiger charge is 2.18. The van der Waals surface area contributed by atoms with Crippen LogP contribution in [0.4, 0.5) is 0 Å². The highest BCUT2D eigenvalue weighted by atomic mass is 14.8. The fourth-order valence-electron chi connectivity index (χ4n) is 2.43. The van der Waals surface area contributed by atoms with Crippen molar-refractivity contribution in [1.29, 1.82) is 0 Å². The molecule has 0 bridgehead atoms. The van der Waals surface area contributed by atoms with Crippen LogP contribution in [0.15, 0.2) is 36.4 Å². The third-order valence-electron chi connectivity index (χ3n) is 3.32. The highest BCUT2D eigenvalue weighted by molar-refractivity contribution is 5.61. The molecule has 1 aliphatic rings. The molecule has 3 N–H and O–H groups in total. The summed E-state index contributed by atoms with van der Waals surface area (Å²) in [5, 5.41) is 0. The maximum Gasteiger partial charge on any atom is 0.0458 e. The van der Waals surface area contributed by atoms with Crippen LogP contribution in [-0.4, -0.2) is 11.0 Å². The minimum atomic E-state index is 0.340. The Bertz CT molecular complexity index is 485. The molecule has 82 valence electrons. The van der Waals surface area contributed by atoms with Crippen LogP contribution in [0.25, 0.3) is 11.3 Å². The van der Waals surface area contributed by atoms with E-state index in [1.165, 1.54) is 22.5 Å². The lowest BCUT2D eigenvalue weighted by Gasteiger charge is -2.17. The van der Waals surface area contributed by atoms with Crippen LogP contribution in [0.2, 0.25) is 0 Å². The summed E-state index contributed by atoms with van der Waals surface area (Å²) in [5.41, 5.74) is 11.2. The van der Waals surface area contributed by atoms with Gasteiger partial charge in [0.15, 0.2) is 0 Å². The summed E-state index contributed by atoms with van der Waals surface area (Å²) in [6.07, 6.45) is 3.20. The minimum absolute atomic E-state index is 0.340. The second kappa shape index (κ2) is 3.80. The number of fused-ring (bicyclic) bond motifs is 1. The van der Waals surface area contributed by atoms with Crippen molar-refractivity contribution in [2.45, 2.75) is 25.3 Å². The van der Waals surface area contributed by atoms with Crippen molar-refractivity contribution in [3.63, 3.8) is 0 Å². The number of hydrogen-bond donors (Lipinski definition) is 2. The Morgan fingerprint density at radius 2 is 2.00 bits per heavy atom. The molecule has 2 nitrogen and oxygen atoms in total. The zero-order valence-corrected chi connectivity index (χ0v) is 9.24. The molecule has 0 aliphatic heterocycles. The second-order valence-corrected chi connectivity index (χ2v) is 4.56. The summed E-state index contributed by atoms with van der Waals surface area (Å²) in [6, 6.07) is 13.1. The summed E-state index contributed by atoms with van der Waals surface area (Å²) in [4.78, 5) is 3.51. The van der Waals surface area contributed by atoms with Crippen LogP contribution in [0.1, 0.15) is 17.7 Å². The number of benzene rings is 1. The van der Waals surface area contributed by atoms with Crippen molar-refractivity contribution < 1.29 is 0 Å². The van der Waals surface area contributed by atoms with Crippen molar-refractivity contribution in [3.8, 4) is 11.3 Å². The average Bonchev–Trinajstić information content (AvgIpc) is 2.73. The van der Waals surface area contributed by atoms with Gasteiger partial charge in [0.2, 0.25) is 0 Å². The van der Waals surface area contributed by atoms with E-state index >= 15 is 0 Å². The molecular weight excluding hydrogens is 196 g/mol. The molecule has 0 saturated heterocycles. The molecule has 0 fully saturated rings. The van der Waals surface area contributed by atoms with E-state index in [0.717, 1.165) is 19.3 Å². The number of nitrogens with two attached hydrogens (primary N) is 1. The lowest BCUT2D eigenvalue weighted by atomic mass is 9.94. The van der Waals surface area contributed by atoms with Gasteiger partial charge in [-0.25, -0.2) is 0 Å². The van der Waals surface area contributed by atoms with Gasteiger partial charge in [0.25, 0.3) is 0 Å². The van der Waals surface area contributed by atoms with Crippen LogP contribution in [0.3, 0.4) is 0 Å². The molecule has 1 atom stereocenters. The minimum Gasteiger partial charge on any atom is -0.358 e. The molecule has 1 unspecified atom stereocenters. The molecule has 1 aromatic carbocycles. The molecule has 1 aromatic heterocycles. The van der Waals surface area contributed by atoms with Crippen molar-refractivity contribution in [2.24, 2.45) is 5.73 Å². The predicted octanol–water partition coefficient (Wildman–Crippen LogP) is 2.50. The van der Waals surface area contributed by atoms with E-state index in [9.17, 15) is 0 Å². The van der Waals surface area contributed by atoms with E-state index in [2.05, 4.69) is 35.3 Å². The van der Waals surface area contributed by atoms with Crippen LogP contribution >= 0.6 is 0 Å². The first-order valence-corrected chi connectivity index (χ1v) is 5.84. The SMILES string of the molecule is NC1CCc2[nH]c(-c3ccccc3)cc2C1. The number of aromatic amines is 1. The summed E-state index contributed by atoms with van der Waals surface area (Å²) in [7, 11) is 0. The number of aryl methyl sites for hydroxylation is 1. The number of hydrogen-bond acceptors (Lipinski definition) is 1. The Hall–Kier alpha value is -1.54. The Morgan fingerprint density at radius 1 is 1.19 bits per heavy atom. The number of H-pyrrole nitrogens is 1. The number of nitrogens with one attached hydrogen (secondary N) is 1. The standard InChI is InChI=1S/C14H16N2/c15-12-6-7-13-11(8-12)9-14(16-13)10-4-2-1-3-5-10/h1-5,9,12,16H,6-8,15H2. The Kier molecular flexibility index (Phi) is 2.29. The van der Waals surface area contributed by atoms with Gasteiger partial charge in [-0.15, -0.1) is 0 Å². The van der Waals surface area contributed by atoms with Gasteiger partial charge in [0, 0.05) is 17.4 Å². The Morgan fingerprint density at radius 3 is 2.81 bits per heavy atom. The first-order chi connectivity index (χ1) is 7.83. The molecule has 0 radical (unpaired) electrons. The van der Waals surface area contributed by atoms with Crippen LogP contribution in [-0.2, 0) is 12.8 Å². The van der Waals surface area contributed by atoms with Crippen LogP contribution < -0.4 is 5.73 Å². The zero-order valence-electron chi connectivity index (χ0n) is 9.24. The summed E-state index contributed by atoms with van der Waals surface area (Å²) in [5.74, 6) is 0. The molecular formula is C14H16N2. The average molecular weight is 212 g/mol. The largest absolute Gasteiger partial charge is 0.358 e. The summed E-state index contributed by atoms with van der Waals surface area (Å²) < 4.78 is 0. The van der Waals surface area contributed by atoms with Crippen molar-refractivity contribution >= 4 is 0 Å². The topological polar surface area (TPSA) is 41.8 Å². The summed E-state index contributed by atoms with van der Waals surface area (Å²) in [6.45, 7) is 0. The van der Waals surface area contributed by atoms with Gasteiger partial charge < -0.3 is 10.7 Å². The normalized spacial score (nSPS) is 19.4. The van der Waals surface area contributed by atoms with Gasteiger partial charge in [-0.05, 0) is 36.5 Å². The van der Waals surface area contributed by atoms with Crippen LogP contribution in [0, 0.1) is 0 Å². The van der Waals surface area contributed by atoms with Crippen molar-refractivity contribution in [2.75, 3.05) is 0 Å². The number of rotatable bonds is 1. The predicted molar refractivity (Wildman–Crippen MR) is 66.2 cm³/mol. The molecule has 16 heavy (non-hydrogen) atoms. The molecule has 0 saturated carbocycles. The maximum atomic E-state index is 5.98. The van der Waals surface area contributed by atoms with E-state index < -0.39 is 0 Å². The van der Waals surface area contributed by atoms with Gasteiger partial charge in [0.05, 0.1) is 0 Å². The number of aromatic nitrogens is 1. The lowest BCUT2D eigenvalue weighted by molar-refractivity contribution is 0.572. The molecule has 0 spiro atoms. The van der Waals surface area contributed by atoms with Crippen LogP contribution in [0.5, 0.6) is 0 Å². The molecule has 3 rings (SSSR count). The van der Waals surface area contributed by atoms with Gasteiger partial charge in [0.1, 0.15) is 0 Å². The Balaban J connectivity index is 1.99. The smallest absolute Gasteiger partial charge is 0.0458 e. The van der Waals surface area contributed by atoms with Crippen molar-refractivity contribution in [1.82, 2.24) is 4.98 Å². The van der Waals surface area contributed by atoms with Crippen molar-refractivity contribution in [3.05, 3.63) is 47.7 Å². The highest BCUT2D eigenvalue weighted by Crippen LogP contribution is 2.26. The maximum absolute atomic E-state index is 5.98. The van der Waals surface area contributed by atoms with E-state index in [0.29, 0.717) is 6.04 Å². The third-order valence-corrected chi connectivity index (χ3v) is 3.32. The Labute approximate surface area is 95.5 Å². The lowest BCUT2D eigenvalue weighted by Crippen LogP contribution is -2.27. The first kappa shape index (κ1) is 9.67. The molecule has 2 aromatic rings. The third kappa shape index (κ3) is 1.65. The molecule has 2 heteroatoms. The molecule has 1 heterocycles. The monoisotopic (exact) mass is 212 g/mol. The van der Waals surface area contributed by atoms with E-state index in [1.54, 1.807) is 0 Å². The van der Waals surface area contributed by atoms with Gasteiger partial charge >= 0.3 is 0 Å². The molecule has 1 aliphatic carbocycles. The summed E-state index contributed by atoms with van der Waals surface area (Å²) >= 11 is 0. The zero-order chi connectivity index (χ0) is 11.0. The van der Waals surface area contributed by atoms with Gasteiger partial charge in [-0.2, -0.15) is 0 Å². The van der Waals surface area contributed by atoms with E-state index in [1.807, 2.05) is 6.07 Å². The quantitative estimate of drug-likeness (QED) is 0.749. The second-order valence-electron chi connectivity index (χ2n) is 4.56. The van der Waals surface area contributed by atoms with Gasteiger partial charge in [-0.1, -0.05) is 30.3 Å². The van der Waals surface area contributed by atoms with E-state index in [-0.39, 0.29) is 0 Å². The fraction of sp³-hybridized carbons (Fsp3) is 0.286. The molecule has 0 amide bonds. The van der Waals surface area contributed by atoms with Gasteiger partial charge in [-0.3, -0.25) is 0 Å².